The first-order valence-electron chi connectivity index (χ1n) is 4.85. The van der Waals surface area contributed by atoms with E-state index in [1.54, 1.807) is 30.6 Å². The molecule has 86 valence electrons. The number of hydrogen-bond acceptors (Lipinski definition) is 5. The van der Waals surface area contributed by atoms with E-state index in [1.807, 2.05) is 6.92 Å². The molecule has 2 aromatic heterocycles. The molecule has 0 amide bonds. The number of thioether (sulfide) groups is 1. The van der Waals surface area contributed by atoms with Crippen molar-refractivity contribution in [3.8, 4) is 0 Å². The van der Waals surface area contributed by atoms with Gasteiger partial charge in [-0.05, 0) is 49.1 Å². The monoisotopic (exact) mass is 263 g/mol. The molecule has 2 aromatic rings. The molecule has 2 heterocycles. The van der Waals surface area contributed by atoms with Crippen LogP contribution >= 0.6 is 24.0 Å². The zero-order chi connectivity index (χ0) is 12.3. The SMILES string of the molecule is Cc1cc(SC(=O)c2ccncc2)nc(=S)[nH]1. The molecule has 1 N–H and O–H groups in total. The lowest BCUT2D eigenvalue weighted by atomic mass is 10.3. The molecule has 2 rings (SSSR count). The number of aromatic amines is 1. The maximum absolute atomic E-state index is 11.9. The number of rotatable bonds is 2. The molecular formula is C11H9N3OS2. The molecule has 0 aliphatic rings. The van der Waals surface area contributed by atoms with Crippen molar-refractivity contribution < 1.29 is 4.79 Å². The van der Waals surface area contributed by atoms with Crippen LogP contribution in [0, 0.1) is 11.7 Å². The minimum Gasteiger partial charge on any atom is -0.335 e. The normalized spacial score (nSPS) is 10.2. The number of H-pyrrole nitrogens is 1. The summed E-state index contributed by atoms with van der Waals surface area (Å²) in [6.07, 6.45) is 3.17. The minimum atomic E-state index is -0.0695. The maximum atomic E-state index is 11.9. The van der Waals surface area contributed by atoms with Crippen LogP contribution in [0.15, 0.2) is 35.6 Å². The smallest absolute Gasteiger partial charge is 0.225 e. The van der Waals surface area contributed by atoms with E-state index in [2.05, 4.69) is 15.0 Å². The summed E-state index contributed by atoms with van der Waals surface area (Å²) in [7, 11) is 0. The molecule has 4 nitrogen and oxygen atoms in total. The number of nitrogens with one attached hydrogen (secondary N) is 1. The molecule has 0 atom stereocenters. The third kappa shape index (κ3) is 3.21. The fourth-order valence-corrected chi connectivity index (χ4v) is 2.38. The van der Waals surface area contributed by atoms with Crippen LogP contribution in [-0.4, -0.2) is 20.1 Å². The Labute approximate surface area is 108 Å². The van der Waals surface area contributed by atoms with Crippen LogP contribution in [0.5, 0.6) is 0 Å². The third-order valence-corrected chi connectivity index (χ3v) is 3.00. The molecule has 0 bridgehead atoms. The molecule has 0 aromatic carbocycles. The quantitative estimate of drug-likeness (QED) is 0.513. The molecule has 0 fully saturated rings. The highest BCUT2D eigenvalue weighted by molar-refractivity contribution is 8.14. The Hall–Kier alpha value is -1.53. The average Bonchev–Trinajstić information content (AvgIpc) is 2.28. The van der Waals surface area contributed by atoms with Gasteiger partial charge in [-0.25, -0.2) is 4.98 Å². The number of pyridine rings is 1. The van der Waals surface area contributed by atoms with Gasteiger partial charge in [0.2, 0.25) is 5.12 Å². The van der Waals surface area contributed by atoms with Crippen LogP contribution < -0.4 is 0 Å². The van der Waals surface area contributed by atoms with Crippen LogP contribution in [0.2, 0.25) is 0 Å². The lowest BCUT2D eigenvalue weighted by Gasteiger charge is -2.01. The van der Waals surface area contributed by atoms with Gasteiger partial charge in [-0.15, -0.1) is 0 Å². The Morgan fingerprint density at radius 1 is 1.41 bits per heavy atom. The van der Waals surface area contributed by atoms with E-state index in [0.29, 0.717) is 15.4 Å². The van der Waals surface area contributed by atoms with Gasteiger partial charge in [-0.1, -0.05) is 0 Å². The van der Waals surface area contributed by atoms with Gasteiger partial charge < -0.3 is 4.98 Å². The predicted octanol–water partition coefficient (Wildman–Crippen LogP) is 2.78. The first-order valence-corrected chi connectivity index (χ1v) is 6.08. The summed E-state index contributed by atoms with van der Waals surface area (Å²) < 4.78 is 0.384. The van der Waals surface area contributed by atoms with E-state index in [0.717, 1.165) is 17.5 Å². The lowest BCUT2D eigenvalue weighted by Crippen LogP contribution is -1.96. The van der Waals surface area contributed by atoms with Gasteiger partial charge in [0, 0.05) is 23.7 Å². The highest BCUT2D eigenvalue weighted by Gasteiger charge is 2.09. The van der Waals surface area contributed by atoms with Crippen molar-refractivity contribution in [3.05, 3.63) is 46.6 Å². The van der Waals surface area contributed by atoms with Gasteiger partial charge in [-0.3, -0.25) is 9.78 Å². The summed E-state index contributed by atoms with van der Waals surface area (Å²) in [5.41, 5.74) is 1.48. The van der Waals surface area contributed by atoms with Crippen molar-refractivity contribution in [2.75, 3.05) is 0 Å². The predicted molar refractivity (Wildman–Crippen MR) is 68.6 cm³/mol. The van der Waals surface area contributed by atoms with Gasteiger partial charge in [0.15, 0.2) is 4.77 Å². The lowest BCUT2D eigenvalue weighted by molar-refractivity contribution is 0.108. The zero-order valence-electron chi connectivity index (χ0n) is 9.01. The molecule has 0 aliphatic carbocycles. The first kappa shape index (κ1) is 11.9. The van der Waals surface area contributed by atoms with Gasteiger partial charge in [-0.2, -0.15) is 0 Å². The Balaban J connectivity index is 2.22. The van der Waals surface area contributed by atoms with E-state index in [9.17, 15) is 4.79 Å². The first-order chi connectivity index (χ1) is 8.15. The van der Waals surface area contributed by atoms with Gasteiger partial charge >= 0.3 is 0 Å². The zero-order valence-corrected chi connectivity index (χ0v) is 10.6. The van der Waals surface area contributed by atoms with Crippen molar-refractivity contribution in [3.63, 3.8) is 0 Å². The van der Waals surface area contributed by atoms with Gasteiger partial charge in [0.25, 0.3) is 0 Å². The number of aryl methyl sites for hydroxylation is 1. The van der Waals surface area contributed by atoms with Crippen molar-refractivity contribution in [2.24, 2.45) is 0 Å². The third-order valence-electron chi connectivity index (χ3n) is 1.97. The van der Waals surface area contributed by atoms with E-state index in [1.165, 1.54) is 0 Å². The Morgan fingerprint density at radius 2 is 2.12 bits per heavy atom. The summed E-state index contributed by atoms with van der Waals surface area (Å²) in [5.74, 6) is 0. The highest BCUT2D eigenvalue weighted by Crippen LogP contribution is 2.20. The fraction of sp³-hybridized carbons (Fsp3) is 0.0909. The summed E-state index contributed by atoms with van der Waals surface area (Å²) in [5, 5.41) is 0.535. The van der Waals surface area contributed by atoms with Crippen molar-refractivity contribution >= 4 is 29.1 Å². The van der Waals surface area contributed by atoms with Crippen molar-refractivity contribution in [2.45, 2.75) is 11.9 Å². The average molecular weight is 263 g/mol. The molecular weight excluding hydrogens is 254 g/mol. The van der Waals surface area contributed by atoms with E-state index in [4.69, 9.17) is 12.2 Å². The molecule has 0 saturated carbocycles. The second kappa shape index (κ2) is 5.20. The highest BCUT2D eigenvalue weighted by atomic mass is 32.2. The minimum absolute atomic E-state index is 0.0695. The fourth-order valence-electron chi connectivity index (χ4n) is 1.24. The Bertz CT molecular complexity index is 595. The van der Waals surface area contributed by atoms with Gasteiger partial charge in [0.05, 0.1) is 0 Å². The van der Waals surface area contributed by atoms with Crippen LogP contribution in [-0.2, 0) is 0 Å². The second-order valence-electron chi connectivity index (χ2n) is 3.33. The van der Waals surface area contributed by atoms with Crippen LogP contribution in [0.1, 0.15) is 16.1 Å². The number of carbonyl (C=O) groups is 1. The van der Waals surface area contributed by atoms with Crippen molar-refractivity contribution in [1.82, 2.24) is 15.0 Å². The molecule has 0 aliphatic heterocycles. The number of aromatic nitrogens is 3. The van der Waals surface area contributed by atoms with E-state index < -0.39 is 0 Å². The standard InChI is InChI=1S/C11H9N3OS2/c1-7-6-9(14-11(16)13-7)17-10(15)8-2-4-12-5-3-8/h2-6H,1H3,(H,13,14,16). The topological polar surface area (TPSA) is 58.6 Å². The van der Waals surface area contributed by atoms with Crippen molar-refractivity contribution in [1.29, 1.82) is 0 Å². The molecule has 0 saturated heterocycles. The Morgan fingerprint density at radius 3 is 2.76 bits per heavy atom. The van der Waals surface area contributed by atoms with Crippen LogP contribution in [0.25, 0.3) is 0 Å². The molecule has 0 spiro atoms. The second-order valence-corrected chi connectivity index (χ2v) is 4.71. The number of hydrogen-bond donors (Lipinski definition) is 1. The summed E-state index contributed by atoms with van der Waals surface area (Å²) >= 11 is 6.02. The van der Waals surface area contributed by atoms with Gasteiger partial charge in [0.1, 0.15) is 5.03 Å². The Kier molecular flexibility index (Phi) is 3.65. The molecule has 0 unspecified atom stereocenters. The number of nitrogens with zero attached hydrogens (tertiary/aromatic N) is 2. The summed E-state index contributed by atoms with van der Waals surface area (Å²) in [4.78, 5) is 22.7. The van der Waals surface area contributed by atoms with Crippen LogP contribution in [0.4, 0.5) is 0 Å². The molecule has 17 heavy (non-hydrogen) atoms. The van der Waals surface area contributed by atoms with Crippen LogP contribution in [0.3, 0.4) is 0 Å². The number of carbonyl (C=O) groups excluding carboxylic acids is 1. The maximum Gasteiger partial charge on any atom is 0.225 e. The summed E-state index contributed by atoms with van der Waals surface area (Å²) in [6.45, 7) is 1.87. The molecule has 6 heteroatoms. The molecule has 0 radical (unpaired) electrons. The van der Waals surface area contributed by atoms with E-state index >= 15 is 0 Å². The largest absolute Gasteiger partial charge is 0.335 e. The van der Waals surface area contributed by atoms with E-state index in [-0.39, 0.29) is 5.12 Å². The summed E-state index contributed by atoms with van der Waals surface area (Å²) in [6, 6.07) is 5.14.